The molecule has 0 aliphatic rings. The van der Waals surface area contributed by atoms with E-state index in [1.807, 2.05) is 147 Å². The van der Waals surface area contributed by atoms with Crippen molar-refractivity contribution in [2.45, 2.75) is 107 Å². The Morgan fingerprint density at radius 1 is 0.536 bits per heavy atom. The number of nitrogens with two attached hydrogens (primary N) is 1. The number of H-pyrrole nitrogens is 4. The number of nitrogens with one attached hydrogen (secondary N) is 5. The van der Waals surface area contributed by atoms with Gasteiger partial charge in [-0.3, -0.25) is 38.6 Å². The molecule has 0 atom stereocenters. The topological polar surface area (TPSA) is 364 Å². The predicted octanol–water partition coefficient (Wildman–Crippen LogP) is 10.0. The van der Waals surface area contributed by atoms with E-state index in [4.69, 9.17) is 30.0 Å². The highest BCUT2D eigenvalue weighted by atomic mass is 79.9. The van der Waals surface area contributed by atoms with Crippen molar-refractivity contribution in [3.63, 3.8) is 0 Å². The van der Waals surface area contributed by atoms with Crippen molar-refractivity contribution in [1.29, 1.82) is 0 Å². The first-order valence-electron chi connectivity index (χ1n) is 29.9. The quantitative estimate of drug-likeness (QED) is 0.0417. The molecule has 7 aromatic heterocycles. The summed E-state index contributed by atoms with van der Waals surface area (Å²) in [5.74, 6) is -1.53. The van der Waals surface area contributed by atoms with Gasteiger partial charge in [0.1, 0.15) is 11.1 Å². The van der Waals surface area contributed by atoms with Gasteiger partial charge in [0.2, 0.25) is 0 Å². The summed E-state index contributed by atoms with van der Waals surface area (Å²) in [5, 5.41) is 37.4. The van der Waals surface area contributed by atoms with E-state index in [0.717, 1.165) is 57.9 Å². The summed E-state index contributed by atoms with van der Waals surface area (Å²) in [5.41, 5.74) is 22.0. The molecule has 1 amide bonds. The molecule has 8 N–H and O–H groups in total. The maximum absolute atomic E-state index is 12.5. The van der Waals surface area contributed by atoms with Gasteiger partial charge < -0.3 is 30.9 Å². The Labute approximate surface area is 569 Å². The number of methoxy groups -OCH3 is 1. The number of halogens is 1. The molecular weight excluding hydrogens is 1300 g/mol. The number of aromatic carboxylic acids is 1. The number of rotatable bonds is 13. The third-order valence-electron chi connectivity index (χ3n) is 14.1. The first-order valence-corrected chi connectivity index (χ1v) is 31.0. The minimum absolute atomic E-state index is 0.0648. The molecule has 25 nitrogen and oxygen atoms in total. The van der Waals surface area contributed by atoms with Crippen LogP contribution in [0.25, 0.3) is 0 Å². The summed E-state index contributed by atoms with van der Waals surface area (Å²) in [6.07, 6.45) is 8.55. The molecule has 0 saturated heterocycles. The Morgan fingerprint density at radius 2 is 0.948 bits per heavy atom. The SMILES string of the molecule is BrCc1ccccc1.COC(=O)c1cn[nH]c1C.Cc1[nH]ncc1C(=O)O.Cc1cc(C)c(CN)c(=O)[nH]1.Cc1cc(C)c(CNC(=O)c2cnn(Cc3ccccc3)c2C)c(=O)[nH]1.Cc1ccnn1Cc1ccccc1.Cc1cnn(Cc2ccccc2)c1C.O=C=O.O=C=O. The van der Waals surface area contributed by atoms with Crippen molar-refractivity contribution in [3.8, 4) is 0 Å². The molecule has 0 aliphatic carbocycles. The smallest absolute Gasteiger partial charge is 0.373 e. The third-order valence-corrected chi connectivity index (χ3v) is 14.7. The van der Waals surface area contributed by atoms with E-state index in [2.05, 4.69) is 141 Å². The van der Waals surface area contributed by atoms with Gasteiger partial charge in [0.05, 0.1) is 57.1 Å². The largest absolute Gasteiger partial charge is 0.478 e. The standard InChI is InChI=1S/C20H22N4O2.C12H14N2.C11H12N2.C8H12N2O.C7H7Br.C6H8N2O2.C5H6N2O2.2CO2/c1-13-9-14(2)23-20(26)17(13)10-21-19(25)18-11-22-24(15(18)3)12-16-7-5-4-6-8-16;1-10-8-13-14(11(10)2)9-12-6-4-3-5-7-12;1-10-7-8-12-13(10)9-11-5-3-2-4-6-11;1-5-3-6(2)10-8(11)7(5)4-9;8-6-7-4-2-1-3-5-7;1-4-5(3-7-8-4)6(9)10-2;1-3-4(5(8)9)2-6-7-3;2*2-1-3/h4-9,11H,10,12H2,1-3H3,(H,21,25)(H,23,26);3-8H,9H2,1-2H3;2-8H,9H2,1H3;3H,4,9H2,1-2H3,(H,10,11);1-5H,6H2;3H,1-2H3,(H,7,8);2H,1H3,(H,6,7)(H,8,9);;. The lowest BCUT2D eigenvalue weighted by Crippen LogP contribution is -2.28. The lowest BCUT2D eigenvalue weighted by molar-refractivity contribution is -0.193. The van der Waals surface area contributed by atoms with E-state index < -0.39 is 5.97 Å². The van der Waals surface area contributed by atoms with Crippen molar-refractivity contribution in [3.05, 3.63) is 298 Å². The van der Waals surface area contributed by atoms with E-state index in [1.54, 1.807) is 24.7 Å². The predicted molar refractivity (Wildman–Crippen MR) is 368 cm³/mol. The van der Waals surface area contributed by atoms with Crippen LogP contribution in [0.3, 0.4) is 0 Å². The van der Waals surface area contributed by atoms with Crippen molar-refractivity contribution in [2.75, 3.05) is 7.11 Å². The first-order chi connectivity index (χ1) is 46.5. The zero-order valence-corrected chi connectivity index (χ0v) is 57.6. The minimum atomic E-state index is -0.943. The van der Waals surface area contributed by atoms with Crippen LogP contribution < -0.4 is 22.2 Å². The van der Waals surface area contributed by atoms with Crippen molar-refractivity contribution >= 4 is 46.1 Å². The highest BCUT2D eigenvalue weighted by Gasteiger charge is 2.16. The maximum Gasteiger partial charge on any atom is 0.373 e. The van der Waals surface area contributed by atoms with Crippen LogP contribution in [0.1, 0.15) is 121 Å². The Morgan fingerprint density at radius 3 is 1.29 bits per heavy atom. The lowest BCUT2D eigenvalue weighted by Gasteiger charge is -2.09. The number of esters is 1. The molecule has 0 radical (unpaired) electrons. The highest BCUT2D eigenvalue weighted by molar-refractivity contribution is 9.08. The lowest BCUT2D eigenvalue weighted by atomic mass is 10.1. The Balaban J connectivity index is 0.000000302. The van der Waals surface area contributed by atoms with Gasteiger partial charge in [0, 0.05) is 75.6 Å². The van der Waals surface area contributed by atoms with Crippen molar-refractivity contribution < 1.29 is 43.4 Å². The average molecular weight is 1390 g/mol. The molecule has 11 rings (SSSR count). The third kappa shape index (κ3) is 27.9. The van der Waals surface area contributed by atoms with Crippen molar-refractivity contribution in [2.24, 2.45) is 5.73 Å². The monoisotopic (exact) mass is 1380 g/mol. The van der Waals surface area contributed by atoms with E-state index in [0.29, 0.717) is 41.0 Å². The summed E-state index contributed by atoms with van der Waals surface area (Å²) in [6.45, 7) is 21.8. The Hall–Kier alpha value is -11.6. The number of alkyl halides is 1. The van der Waals surface area contributed by atoms with E-state index >= 15 is 0 Å². The second kappa shape index (κ2) is 43.4. The van der Waals surface area contributed by atoms with Crippen LogP contribution in [0.4, 0.5) is 0 Å². The van der Waals surface area contributed by atoms with Crippen LogP contribution in [0.2, 0.25) is 0 Å². The van der Waals surface area contributed by atoms with Crippen LogP contribution in [-0.2, 0) is 62.0 Å². The van der Waals surface area contributed by atoms with E-state index in [-0.39, 0.29) is 47.4 Å². The molecule has 0 unspecified atom stereocenters. The number of ether oxygens (including phenoxy) is 1. The molecule has 0 aliphatic heterocycles. The summed E-state index contributed by atoms with van der Waals surface area (Å²) >= 11 is 3.36. The first kappa shape index (κ1) is 79.7. The molecule has 0 bridgehead atoms. The number of hydrogen-bond acceptors (Lipinski definition) is 16. The summed E-state index contributed by atoms with van der Waals surface area (Å²) in [6, 6.07) is 46.8. The Kier molecular flexibility index (Phi) is 35.6. The highest BCUT2D eigenvalue weighted by Crippen LogP contribution is 2.13. The maximum atomic E-state index is 12.5. The molecule has 26 heteroatoms. The van der Waals surface area contributed by atoms with Gasteiger partial charge in [-0.05, 0) is 126 Å². The number of carboxylic acid groups (broad SMARTS) is 1. The molecule has 508 valence electrons. The minimum Gasteiger partial charge on any atom is -0.478 e. The zero-order chi connectivity index (χ0) is 71.8. The molecule has 0 spiro atoms. The normalized spacial score (nSPS) is 9.66. The van der Waals surface area contributed by atoms with Gasteiger partial charge in [0.25, 0.3) is 17.0 Å². The zero-order valence-electron chi connectivity index (χ0n) is 56.0. The van der Waals surface area contributed by atoms with Gasteiger partial charge in [-0.2, -0.15) is 44.7 Å². The fourth-order valence-corrected chi connectivity index (χ4v) is 9.04. The number of benzene rings is 4. The number of carbonyl (C=O) groups is 3. The molecular formula is C71H81BrN14O11. The second-order valence-corrected chi connectivity index (χ2v) is 21.7. The molecule has 97 heavy (non-hydrogen) atoms. The number of hydrogen-bond donors (Lipinski definition) is 7. The van der Waals surface area contributed by atoms with Gasteiger partial charge in [-0.15, -0.1) is 0 Å². The molecule has 0 saturated carbocycles. The summed E-state index contributed by atoms with van der Waals surface area (Å²) in [4.78, 5) is 94.7. The van der Waals surface area contributed by atoms with Crippen LogP contribution in [0, 0.1) is 69.2 Å². The number of amides is 1. The molecule has 4 aromatic carbocycles. The van der Waals surface area contributed by atoms with Gasteiger partial charge >= 0.3 is 24.2 Å². The number of aryl methyl sites for hydroxylation is 8. The van der Waals surface area contributed by atoms with Crippen LogP contribution in [0.5, 0.6) is 0 Å². The fraction of sp³-hybridized carbons (Fsp3) is 0.239. The summed E-state index contributed by atoms with van der Waals surface area (Å²) in [7, 11) is 1.34. The molecule has 7 heterocycles. The number of carboxylic acids is 1. The van der Waals surface area contributed by atoms with Gasteiger partial charge in [-0.1, -0.05) is 137 Å². The van der Waals surface area contributed by atoms with Crippen LogP contribution >= 0.6 is 15.9 Å². The Bertz CT molecular complexity index is 4340. The number of aromatic nitrogens is 12. The second-order valence-electron chi connectivity index (χ2n) is 21.1. The van der Waals surface area contributed by atoms with Crippen molar-refractivity contribution in [1.82, 2.24) is 65.0 Å². The van der Waals surface area contributed by atoms with E-state index in [1.165, 1.54) is 53.1 Å². The fourth-order valence-electron chi connectivity index (χ4n) is 8.66. The number of carbonyl (C=O) groups excluding carboxylic acids is 6. The molecule has 0 fully saturated rings. The number of nitrogens with zero attached hydrogens (tertiary/aromatic N) is 8. The summed E-state index contributed by atoms with van der Waals surface area (Å²) < 4.78 is 10.3. The van der Waals surface area contributed by atoms with E-state index in [9.17, 15) is 24.0 Å². The van der Waals surface area contributed by atoms with Gasteiger partial charge in [-0.25, -0.2) is 9.59 Å². The number of aromatic amines is 4. The number of pyridine rings is 2. The van der Waals surface area contributed by atoms with Crippen LogP contribution in [0.15, 0.2) is 180 Å². The van der Waals surface area contributed by atoms with Gasteiger partial charge in [0.15, 0.2) is 0 Å². The molecule has 11 aromatic rings. The van der Waals surface area contributed by atoms with Crippen LogP contribution in [-0.4, -0.2) is 102 Å². The average Bonchev–Trinajstić information content (AvgIpc) is 1.77.